The maximum absolute atomic E-state index is 5.62. The molecule has 2 heteroatoms. The molecule has 15 heavy (non-hydrogen) atoms. The number of ether oxygens (including phenoxy) is 2. The van der Waals surface area contributed by atoms with Crippen LogP contribution in [-0.2, 0) is 11.2 Å². The first kappa shape index (κ1) is 10.1. The molecule has 0 fully saturated rings. The minimum Gasteiger partial charge on any atom is -0.465 e. The molecule has 1 heterocycles. The Morgan fingerprint density at radius 2 is 2.20 bits per heavy atom. The summed E-state index contributed by atoms with van der Waals surface area (Å²) in [6, 6.07) is 8.06. The van der Waals surface area contributed by atoms with E-state index < -0.39 is 0 Å². The molecule has 0 bridgehead atoms. The molecule has 0 saturated heterocycles. The third-order valence-corrected chi connectivity index (χ3v) is 2.41. The third kappa shape index (κ3) is 2.52. The predicted octanol–water partition coefficient (Wildman–Crippen LogP) is 3.28. The summed E-state index contributed by atoms with van der Waals surface area (Å²) in [5.74, 6) is 1.58. The number of para-hydroxylation sites is 1. The minimum atomic E-state index is 0.655. The minimum absolute atomic E-state index is 0.655. The molecule has 1 aliphatic rings. The van der Waals surface area contributed by atoms with Gasteiger partial charge in [-0.25, -0.2) is 0 Å². The van der Waals surface area contributed by atoms with E-state index in [1.807, 2.05) is 24.3 Å². The van der Waals surface area contributed by atoms with Gasteiger partial charge in [-0.15, -0.1) is 0 Å². The number of fused-ring (bicyclic) bond motifs is 1. The standard InChI is InChI=1S/C13H16O2/c1-2-3-10-14-13-9-8-11-6-4-5-7-12(11)15-13/h4-7,9H,2-3,8,10H2,1H3. The molecule has 0 radical (unpaired) electrons. The van der Waals surface area contributed by atoms with Gasteiger partial charge in [0.15, 0.2) is 0 Å². The van der Waals surface area contributed by atoms with Gasteiger partial charge in [-0.1, -0.05) is 31.5 Å². The van der Waals surface area contributed by atoms with Crippen molar-refractivity contribution in [1.82, 2.24) is 0 Å². The van der Waals surface area contributed by atoms with E-state index in [9.17, 15) is 0 Å². The highest BCUT2D eigenvalue weighted by atomic mass is 16.7. The first-order valence-electron chi connectivity index (χ1n) is 5.49. The second-order valence-corrected chi connectivity index (χ2v) is 3.64. The van der Waals surface area contributed by atoms with E-state index in [4.69, 9.17) is 9.47 Å². The lowest BCUT2D eigenvalue weighted by Crippen LogP contribution is -2.08. The van der Waals surface area contributed by atoms with Gasteiger partial charge < -0.3 is 9.47 Å². The van der Waals surface area contributed by atoms with Gasteiger partial charge in [-0.2, -0.15) is 0 Å². The summed E-state index contributed by atoms with van der Waals surface area (Å²) < 4.78 is 11.1. The zero-order valence-corrected chi connectivity index (χ0v) is 9.03. The van der Waals surface area contributed by atoms with Gasteiger partial charge in [0, 0.05) is 12.5 Å². The van der Waals surface area contributed by atoms with Crippen LogP contribution < -0.4 is 4.74 Å². The zero-order chi connectivity index (χ0) is 10.5. The Kier molecular flexibility index (Phi) is 3.28. The van der Waals surface area contributed by atoms with Crippen molar-refractivity contribution in [2.45, 2.75) is 26.2 Å². The molecule has 2 rings (SSSR count). The van der Waals surface area contributed by atoms with Crippen LogP contribution in [0.4, 0.5) is 0 Å². The van der Waals surface area contributed by atoms with Crippen LogP contribution >= 0.6 is 0 Å². The molecule has 0 N–H and O–H groups in total. The fraction of sp³-hybridized carbons (Fsp3) is 0.385. The van der Waals surface area contributed by atoms with E-state index in [-0.39, 0.29) is 0 Å². The third-order valence-electron chi connectivity index (χ3n) is 2.41. The van der Waals surface area contributed by atoms with Gasteiger partial charge in [-0.05, 0) is 18.1 Å². The zero-order valence-electron chi connectivity index (χ0n) is 9.03. The van der Waals surface area contributed by atoms with Crippen molar-refractivity contribution >= 4 is 0 Å². The molecular formula is C13H16O2. The average molecular weight is 204 g/mol. The summed E-state index contributed by atoms with van der Waals surface area (Å²) in [4.78, 5) is 0. The van der Waals surface area contributed by atoms with Crippen LogP contribution in [0.5, 0.6) is 5.75 Å². The normalized spacial score (nSPS) is 13.8. The van der Waals surface area contributed by atoms with Crippen LogP contribution in [0.3, 0.4) is 0 Å². The highest BCUT2D eigenvalue weighted by Gasteiger charge is 2.11. The molecule has 1 aromatic carbocycles. The summed E-state index contributed by atoms with van der Waals surface area (Å²) >= 11 is 0. The van der Waals surface area contributed by atoms with E-state index in [2.05, 4.69) is 13.0 Å². The molecule has 2 nitrogen and oxygen atoms in total. The monoisotopic (exact) mass is 204 g/mol. The molecule has 1 aromatic rings. The fourth-order valence-corrected chi connectivity index (χ4v) is 1.52. The number of unbranched alkanes of at least 4 members (excludes halogenated alkanes) is 1. The quantitative estimate of drug-likeness (QED) is 0.701. The second-order valence-electron chi connectivity index (χ2n) is 3.64. The molecule has 0 aliphatic carbocycles. The van der Waals surface area contributed by atoms with Crippen molar-refractivity contribution in [2.24, 2.45) is 0 Å². The number of benzene rings is 1. The highest BCUT2D eigenvalue weighted by molar-refractivity contribution is 5.37. The summed E-state index contributed by atoms with van der Waals surface area (Å²) in [6.45, 7) is 2.89. The van der Waals surface area contributed by atoms with Gasteiger partial charge in [0.1, 0.15) is 5.75 Å². The lowest BCUT2D eigenvalue weighted by molar-refractivity contribution is 0.0997. The Balaban J connectivity index is 1.94. The van der Waals surface area contributed by atoms with Gasteiger partial charge in [0.25, 0.3) is 5.95 Å². The van der Waals surface area contributed by atoms with Gasteiger partial charge in [0.05, 0.1) is 6.61 Å². The maximum atomic E-state index is 5.62. The summed E-state index contributed by atoms with van der Waals surface area (Å²) in [6.07, 6.45) is 5.11. The van der Waals surface area contributed by atoms with E-state index in [1.165, 1.54) is 5.56 Å². The van der Waals surface area contributed by atoms with E-state index in [0.717, 1.165) is 31.6 Å². The first-order chi connectivity index (χ1) is 7.40. The van der Waals surface area contributed by atoms with Crippen LogP contribution in [-0.4, -0.2) is 6.61 Å². The van der Waals surface area contributed by atoms with Crippen LogP contribution in [0.15, 0.2) is 36.3 Å². The van der Waals surface area contributed by atoms with Crippen molar-refractivity contribution < 1.29 is 9.47 Å². The van der Waals surface area contributed by atoms with Crippen molar-refractivity contribution in [3.63, 3.8) is 0 Å². The number of hydrogen-bond acceptors (Lipinski definition) is 2. The van der Waals surface area contributed by atoms with Crippen LogP contribution in [0.2, 0.25) is 0 Å². The van der Waals surface area contributed by atoms with Crippen molar-refractivity contribution in [2.75, 3.05) is 6.61 Å². The summed E-state index contributed by atoms with van der Waals surface area (Å²) in [5.41, 5.74) is 1.22. The molecule has 0 aromatic heterocycles. The Morgan fingerprint density at radius 1 is 1.33 bits per heavy atom. The molecule has 0 unspecified atom stereocenters. The first-order valence-corrected chi connectivity index (χ1v) is 5.49. The van der Waals surface area contributed by atoms with Gasteiger partial charge in [0.2, 0.25) is 0 Å². The fourth-order valence-electron chi connectivity index (χ4n) is 1.52. The topological polar surface area (TPSA) is 18.5 Å². The molecule has 1 aliphatic heterocycles. The van der Waals surface area contributed by atoms with Gasteiger partial charge in [-0.3, -0.25) is 0 Å². The summed E-state index contributed by atoms with van der Waals surface area (Å²) in [5, 5.41) is 0. The molecule has 0 atom stereocenters. The molecule has 0 amide bonds. The van der Waals surface area contributed by atoms with E-state index in [1.54, 1.807) is 0 Å². The number of rotatable bonds is 4. The van der Waals surface area contributed by atoms with Crippen molar-refractivity contribution in [3.8, 4) is 5.75 Å². The molecule has 0 spiro atoms. The van der Waals surface area contributed by atoms with E-state index in [0.29, 0.717) is 5.95 Å². The van der Waals surface area contributed by atoms with Crippen LogP contribution in [0, 0.1) is 0 Å². The predicted molar refractivity (Wildman–Crippen MR) is 59.7 cm³/mol. The van der Waals surface area contributed by atoms with Gasteiger partial charge >= 0.3 is 0 Å². The molecule has 0 saturated carbocycles. The Bertz CT molecular complexity index is 355. The summed E-state index contributed by atoms with van der Waals surface area (Å²) in [7, 11) is 0. The SMILES string of the molecule is CCCCOC1=CCc2ccccc2O1. The number of allylic oxidation sites excluding steroid dienone is 1. The molecular weight excluding hydrogens is 188 g/mol. The van der Waals surface area contributed by atoms with E-state index >= 15 is 0 Å². The lowest BCUT2D eigenvalue weighted by Gasteiger charge is -2.17. The largest absolute Gasteiger partial charge is 0.465 e. The van der Waals surface area contributed by atoms with Crippen LogP contribution in [0.25, 0.3) is 0 Å². The Labute approximate surface area is 90.5 Å². The van der Waals surface area contributed by atoms with Crippen LogP contribution in [0.1, 0.15) is 25.3 Å². The maximum Gasteiger partial charge on any atom is 0.280 e. The average Bonchev–Trinajstić information content (AvgIpc) is 2.29. The second kappa shape index (κ2) is 4.87. The number of hydrogen-bond donors (Lipinski definition) is 0. The van der Waals surface area contributed by atoms with Crippen molar-refractivity contribution in [3.05, 3.63) is 41.9 Å². The van der Waals surface area contributed by atoms with Crippen molar-refractivity contribution in [1.29, 1.82) is 0 Å². The Morgan fingerprint density at radius 3 is 3.07 bits per heavy atom. The molecule has 80 valence electrons. The lowest BCUT2D eigenvalue weighted by atomic mass is 10.1. The smallest absolute Gasteiger partial charge is 0.280 e. The Hall–Kier alpha value is -1.44. The highest BCUT2D eigenvalue weighted by Crippen LogP contribution is 2.26.